The van der Waals surface area contributed by atoms with E-state index in [0.29, 0.717) is 71.4 Å². The Morgan fingerprint density at radius 2 is 1.13 bits per heavy atom. The fourth-order valence-corrected chi connectivity index (χ4v) is 5.33. The number of amides is 1. The summed E-state index contributed by atoms with van der Waals surface area (Å²) in [5.41, 5.74) is 10.5. The van der Waals surface area contributed by atoms with Crippen LogP contribution in [0.25, 0.3) is 45.7 Å². The minimum atomic E-state index is -1.04. The number of nitrogens with two attached hydrogens (primary N) is 1. The molecule has 19 heteroatoms. The maximum Gasteiger partial charge on any atom is 0.337 e. The molecule has 0 aliphatic carbocycles. The van der Waals surface area contributed by atoms with Gasteiger partial charge in [0.25, 0.3) is 5.91 Å². The zero-order chi connectivity index (χ0) is 43.1. The molecule has 0 atom stereocenters. The number of hydrogen-bond acceptors (Lipinski definition) is 17. The lowest BCUT2D eigenvalue weighted by atomic mass is 10.2. The van der Waals surface area contributed by atoms with Gasteiger partial charge in [-0.25, -0.2) is 14.8 Å². The number of carboxylic acids is 1. The van der Waals surface area contributed by atoms with E-state index in [-0.39, 0.29) is 11.5 Å². The number of aromatic nitrogens is 8. The van der Waals surface area contributed by atoms with E-state index in [1.54, 1.807) is 52.9 Å². The van der Waals surface area contributed by atoms with Crippen LogP contribution in [0.5, 0.6) is 11.5 Å². The molecule has 4 N–H and O–H groups in total. The summed E-state index contributed by atoms with van der Waals surface area (Å²) in [5.74, 6) is 3.03. The number of aromatic carboxylic acids is 1. The molecule has 8 rings (SSSR count). The number of aryl methyl sites for hydroxylation is 2. The van der Waals surface area contributed by atoms with Gasteiger partial charge in [-0.1, -0.05) is 10.3 Å². The van der Waals surface area contributed by atoms with Crippen molar-refractivity contribution in [1.29, 1.82) is 0 Å². The number of benzene rings is 2. The van der Waals surface area contributed by atoms with Gasteiger partial charge < -0.3 is 43.5 Å². The summed E-state index contributed by atoms with van der Waals surface area (Å²) < 4.78 is 30.9. The molecule has 0 bridgehead atoms. The molecule has 0 unspecified atom stereocenters. The summed E-state index contributed by atoms with van der Waals surface area (Å²) in [6.45, 7) is 4.34. The van der Waals surface area contributed by atoms with E-state index in [0.717, 1.165) is 40.4 Å². The van der Waals surface area contributed by atoms with E-state index in [1.165, 1.54) is 24.7 Å². The average Bonchev–Trinajstić information content (AvgIpc) is 4.14. The maximum absolute atomic E-state index is 12.4. The summed E-state index contributed by atoms with van der Waals surface area (Å²) >= 11 is 0. The van der Waals surface area contributed by atoms with Gasteiger partial charge in [0.05, 0.1) is 36.7 Å². The Hall–Kier alpha value is -8.06. The second-order valence-electron chi connectivity index (χ2n) is 12.8. The van der Waals surface area contributed by atoms with Crippen molar-refractivity contribution < 1.29 is 42.0 Å². The van der Waals surface area contributed by atoms with Gasteiger partial charge in [-0.3, -0.25) is 14.8 Å². The Balaban J connectivity index is 0.000000169. The highest BCUT2D eigenvalue weighted by atomic mass is 16.5. The predicted molar refractivity (Wildman–Crippen MR) is 217 cm³/mol. The van der Waals surface area contributed by atoms with E-state index in [4.69, 9.17) is 38.2 Å². The minimum absolute atomic E-state index is 0.0925. The van der Waals surface area contributed by atoms with Crippen LogP contribution in [0.2, 0.25) is 0 Å². The number of methoxy groups -OCH3 is 2. The maximum atomic E-state index is 12.4. The number of rotatable bonds is 13. The summed E-state index contributed by atoms with van der Waals surface area (Å²) in [6, 6.07) is 18.1. The van der Waals surface area contributed by atoms with Gasteiger partial charge in [-0.15, -0.1) is 0 Å². The predicted octanol–water partition coefficient (Wildman–Crippen LogP) is 6.07. The molecular weight excluding hydrogens is 789 g/mol. The van der Waals surface area contributed by atoms with E-state index < -0.39 is 5.97 Å². The van der Waals surface area contributed by atoms with Crippen molar-refractivity contribution in [3.8, 4) is 57.2 Å². The van der Waals surface area contributed by atoms with Gasteiger partial charge in [0.15, 0.2) is 0 Å². The topological polar surface area (TPSA) is 267 Å². The van der Waals surface area contributed by atoms with E-state index >= 15 is 0 Å². The van der Waals surface area contributed by atoms with E-state index in [1.807, 2.05) is 48.5 Å². The molecular formula is C42H40N10O9. The molecule has 312 valence electrons. The first kappa shape index (κ1) is 42.5. The molecule has 0 saturated carbocycles. The molecule has 8 aromatic rings. The van der Waals surface area contributed by atoms with Gasteiger partial charge in [-0.05, 0) is 67.2 Å². The zero-order valence-electron chi connectivity index (χ0n) is 33.4. The normalized spacial score (nSPS) is 10.5. The molecule has 0 radical (unpaired) electrons. The quantitative estimate of drug-likeness (QED) is 0.119. The van der Waals surface area contributed by atoms with E-state index in [2.05, 4.69) is 45.5 Å². The van der Waals surface area contributed by atoms with Crippen LogP contribution in [0, 0.1) is 13.8 Å². The third-order valence-electron chi connectivity index (χ3n) is 8.40. The third kappa shape index (κ3) is 11.8. The summed E-state index contributed by atoms with van der Waals surface area (Å²) in [6.07, 6.45) is 10.3. The van der Waals surface area contributed by atoms with E-state index in [9.17, 15) is 9.59 Å². The largest absolute Gasteiger partial charge is 0.497 e. The molecule has 19 nitrogen and oxygen atoms in total. The van der Waals surface area contributed by atoms with Crippen molar-refractivity contribution in [2.45, 2.75) is 26.7 Å². The lowest BCUT2D eigenvalue weighted by Crippen LogP contribution is -2.25. The van der Waals surface area contributed by atoms with Crippen molar-refractivity contribution in [1.82, 2.24) is 45.5 Å². The average molecular weight is 829 g/mol. The van der Waals surface area contributed by atoms with Crippen LogP contribution in [0.4, 0.5) is 0 Å². The first-order valence-electron chi connectivity index (χ1n) is 18.5. The second kappa shape index (κ2) is 20.6. The molecule has 0 aliphatic heterocycles. The Bertz CT molecular complexity index is 2650. The van der Waals surface area contributed by atoms with Crippen LogP contribution in [0.15, 0.2) is 116 Å². The highest BCUT2D eigenvalue weighted by Gasteiger charge is 2.13. The van der Waals surface area contributed by atoms with Gasteiger partial charge in [0.1, 0.15) is 24.0 Å². The summed E-state index contributed by atoms with van der Waals surface area (Å²) in [7, 11) is 3.25. The lowest BCUT2D eigenvalue weighted by Gasteiger charge is -2.04. The van der Waals surface area contributed by atoms with Crippen LogP contribution >= 0.6 is 0 Å². The first-order valence-corrected chi connectivity index (χ1v) is 18.5. The van der Waals surface area contributed by atoms with Gasteiger partial charge >= 0.3 is 5.97 Å². The Labute approximate surface area is 348 Å². The van der Waals surface area contributed by atoms with Crippen molar-refractivity contribution in [2.24, 2.45) is 5.73 Å². The number of pyridine rings is 2. The number of carbonyl (C=O) groups excluding carboxylic acids is 1. The third-order valence-corrected chi connectivity index (χ3v) is 8.40. The Kier molecular flexibility index (Phi) is 14.3. The molecule has 0 saturated heterocycles. The fourth-order valence-electron chi connectivity index (χ4n) is 5.33. The van der Waals surface area contributed by atoms with Crippen LogP contribution in [0.1, 0.15) is 43.9 Å². The summed E-state index contributed by atoms with van der Waals surface area (Å²) in [4.78, 5) is 47.9. The lowest BCUT2D eigenvalue weighted by molar-refractivity contribution is 0.0696. The standard InChI is InChI=1S/C21H19N5O4.C12H14N2O2.C9H7N3O3/c1-13-24-19(26-30-13)15-9-16(11-22-10-15)20(27)23-8-7-17-12-29-21(25-17)14-3-5-18(28-2)6-4-14;1-15-11-4-2-9(3-5-11)12-14-10(6-7-13)8-16-12;1-5-11-8(12-15-5)6-2-7(9(13)14)4-10-3-6/h3-6,9-12H,7-8H2,1-2H3,(H,23,27);2-5,8H,6-7,13H2,1H3;2-4H,1H3,(H,13,14). The first-order chi connectivity index (χ1) is 29.6. The van der Waals surface area contributed by atoms with Gasteiger partial charge in [-0.2, -0.15) is 9.97 Å². The van der Waals surface area contributed by atoms with Crippen molar-refractivity contribution in [2.75, 3.05) is 27.3 Å². The van der Waals surface area contributed by atoms with Crippen LogP contribution < -0.4 is 20.5 Å². The molecule has 6 aromatic heterocycles. The molecule has 61 heavy (non-hydrogen) atoms. The number of hydrogen-bond donors (Lipinski definition) is 3. The number of carboxylic acid groups (broad SMARTS) is 1. The smallest absolute Gasteiger partial charge is 0.337 e. The van der Waals surface area contributed by atoms with Gasteiger partial charge in [0.2, 0.25) is 35.2 Å². The molecule has 0 fully saturated rings. The number of carbonyl (C=O) groups is 2. The number of oxazole rings is 2. The zero-order valence-corrected chi connectivity index (χ0v) is 33.4. The molecule has 2 aromatic carbocycles. The Morgan fingerprint density at radius 3 is 1.57 bits per heavy atom. The molecule has 1 amide bonds. The molecule has 6 heterocycles. The van der Waals surface area contributed by atoms with Crippen molar-refractivity contribution >= 4 is 11.9 Å². The fraction of sp³-hybridized carbons (Fsp3) is 0.190. The number of ether oxygens (including phenoxy) is 2. The highest BCUT2D eigenvalue weighted by Crippen LogP contribution is 2.23. The second-order valence-corrected chi connectivity index (χ2v) is 12.8. The summed E-state index contributed by atoms with van der Waals surface area (Å²) in [5, 5.41) is 19.1. The van der Waals surface area contributed by atoms with Gasteiger partial charge in [0, 0.05) is 80.3 Å². The molecule has 0 aliphatic rings. The number of nitrogens with one attached hydrogen (secondary N) is 1. The monoisotopic (exact) mass is 828 g/mol. The van der Waals surface area contributed by atoms with Crippen LogP contribution in [0.3, 0.4) is 0 Å². The highest BCUT2D eigenvalue weighted by molar-refractivity contribution is 5.94. The minimum Gasteiger partial charge on any atom is -0.497 e. The molecule has 0 spiro atoms. The van der Waals surface area contributed by atoms with Crippen molar-refractivity contribution in [3.63, 3.8) is 0 Å². The van der Waals surface area contributed by atoms with Crippen molar-refractivity contribution in [3.05, 3.63) is 132 Å². The Morgan fingerprint density at radius 1 is 0.656 bits per heavy atom. The SMILES string of the molecule is COc1ccc(-c2nc(CCN)co2)cc1.COc1ccc(-c2nc(CCNC(=O)c3cncc(-c4noc(C)n4)c3)co2)cc1.Cc1nc(-c2cncc(C(=O)O)c2)no1. The van der Waals surface area contributed by atoms with Crippen LogP contribution in [-0.4, -0.2) is 84.5 Å². The van der Waals surface area contributed by atoms with Crippen LogP contribution in [-0.2, 0) is 12.8 Å². The number of nitrogens with zero attached hydrogens (tertiary/aromatic N) is 8.